The van der Waals surface area contributed by atoms with Crippen LogP contribution in [-0.2, 0) is 6.54 Å². The Kier molecular flexibility index (Phi) is 4.01. The Morgan fingerprint density at radius 2 is 1.95 bits per heavy atom. The fraction of sp³-hybridized carbons (Fsp3) is 0.125. The van der Waals surface area contributed by atoms with E-state index < -0.39 is 0 Å². The van der Waals surface area contributed by atoms with Crippen LogP contribution in [0, 0.1) is 6.92 Å². The molecule has 0 aliphatic rings. The fourth-order valence-electron chi connectivity index (χ4n) is 2.02. The third kappa shape index (κ3) is 3.31. The van der Waals surface area contributed by atoms with Crippen molar-refractivity contribution < 1.29 is 0 Å². The second-order valence-electron chi connectivity index (χ2n) is 4.80. The van der Waals surface area contributed by atoms with Crippen LogP contribution in [0.5, 0.6) is 0 Å². The summed E-state index contributed by atoms with van der Waals surface area (Å²) in [7, 11) is 0. The maximum Gasteiger partial charge on any atom is 0.102 e. The van der Waals surface area contributed by atoms with E-state index in [-0.39, 0.29) is 0 Å². The minimum atomic E-state index is 0.634. The van der Waals surface area contributed by atoms with E-state index in [1.54, 1.807) is 11.0 Å². The van der Waals surface area contributed by atoms with Crippen LogP contribution in [0.2, 0.25) is 0 Å². The number of benzene rings is 2. The molecule has 1 N–H and O–H groups in total. The molecule has 0 spiro atoms. The molecule has 0 atom stereocenters. The predicted octanol–water partition coefficient (Wildman–Crippen LogP) is 3.95. The molecule has 3 aromatic rings. The van der Waals surface area contributed by atoms with Crippen molar-refractivity contribution in [1.82, 2.24) is 15.0 Å². The molecule has 106 valence electrons. The Hall–Kier alpha value is -2.14. The number of para-hydroxylation sites is 1. The quantitative estimate of drug-likeness (QED) is 0.780. The normalized spacial score (nSPS) is 10.6. The predicted molar refractivity (Wildman–Crippen MR) is 87.6 cm³/mol. The molecule has 1 aromatic heterocycles. The van der Waals surface area contributed by atoms with Gasteiger partial charge in [0.2, 0.25) is 0 Å². The number of nitrogens with one attached hydrogen (secondary N) is 1. The van der Waals surface area contributed by atoms with Crippen molar-refractivity contribution in [1.29, 1.82) is 0 Å². The summed E-state index contributed by atoms with van der Waals surface area (Å²) >= 11 is 3.54. The van der Waals surface area contributed by atoms with Gasteiger partial charge in [-0.1, -0.05) is 24.3 Å². The van der Waals surface area contributed by atoms with Gasteiger partial charge in [-0.2, -0.15) is 15.0 Å². The molecule has 21 heavy (non-hydrogen) atoms. The Labute approximate surface area is 131 Å². The number of hydrogen-bond donors (Lipinski definition) is 1. The van der Waals surface area contributed by atoms with E-state index in [2.05, 4.69) is 50.5 Å². The minimum Gasteiger partial charge on any atom is -0.378 e. The highest BCUT2D eigenvalue weighted by Gasteiger charge is 2.04. The zero-order chi connectivity index (χ0) is 14.7. The molecule has 5 heteroatoms. The van der Waals surface area contributed by atoms with Crippen molar-refractivity contribution in [3.63, 3.8) is 0 Å². The summed E-state index contributed by atoms with van der Waals surface area (Å²) in [6.45, 7) is 2.71. The van der Waals surface area contributed by atoms with Crippen molar-refractivity contribution in [2.45, 2.75) is 13.5 Å². The number of rotatable bonds is 4. The second-order valence-corrected chi connectivity index (χ2v) is 5.65. The lowest BCUT2D eigenvalue weighted by Gasteiger charge is -2.07. The summed E-state index contributed by atoms with van der Waals surface area (Å²) in [4.78, 5) is 1.64. The second kappa shape index (κ2) is 6.10. The highest BCUT2D eigenvalue weighted by Crippen LogP contribution is 2.23. The molecule has 0 amide bonds. The maximum atomic E-state index is 4.48. The molecule has 0 aliphatic carbocycles. The van der Waals surface area contributed by atoms with Crippen LogP contribution in [0.15, 0.2) is 59.2 Å². The van der Waals surface area contributed by atoms with Gasteiger partial charge in [0.1, 0.15) is 5.69 Å². The van der Waals surface area contributed by atoms with Gasteiger partial charge >= 0.3 is 0 Å². The van der Waals surface area contributed by atoms with E-state index in [9.17, 15) is 0 Å². The zero-order valence-corrected chi connectivity index (χ0v) is 13.2. The van der Waals surface area contributed by atoms with Crippen molar-refractivity contribution >= 4 is 21.6 Å². The van der Waals surface area contributed by atoms with Gasteiger partial charge in [0, 0.05) is 10.2 Å². The molecule has 0 bridgehead atoms. The first-order valence-corrected chi connectivity index (χ1v) is 7.48. The number of anilines is 1. The summed E-state index contributed by atoms with van der Waals surface area (Å²) in [6.07, 6.45) is 1.78. The fourth-order valence-corrected chi connectivity index (χ4v) is 2.41. The maximum absolute atomic E-state index is 4.48. The monoisotopic (exact) mass is 342 g/mol. The van der Waals surface area contributed by atoms with Crippen molar-refractivity contribution in [3.05, 3.63) is 70.5 Å². The van der Waals surface area contributed by atoms with Gasteiger partial charge in [-0.3, -0.25) is 0 Å². The topological polar surface area (TPSA) is 42.7 Å². The molecule has 0 radical (unpaired) electrons. The lowest BCUT2D eigenvalue weighted by Crippen LogP contribution is -2.03. The average Bonchev–Trinajstić information content (AvgIpc) is 2.98. The molecule has 0 aliphatic heterocycles. The lowest BCUT2D eigenvalue weighted by atomic mass is 10.2. The molecule has 0 fully saturated rings. The van der Waals surface area contributed by atoms with E-state index in [0.717, 1.165) is 21.5 Å². The summed E-state index contributed by atoms with van der Waals surface area (Å²) in [5, 5.41) is 12.1. The molecule has 0 saturated carbocycles. The third-order valence-corrected chi connectivity index (χ3v) is 3.80. The van der Waals surface area contributed by atoms with E-state index in [1.165, 1.54) is 5.56 Å². The van der Waals surface area contributed by atoms with Crippen LogP contribution in [0.4, 0.5) is 5.69 Å². The molecule has 3 rings (SSSR count). The van der Waals surface area contributed by atoms with Gasteiger partial charge in [0.05, 0.1) is 18.4 Å². The number of aromatic nitrogens is 3. The van der Waals surface area contributed by atoms with Gasteiger partial charge in [-0.05, 0) is 52.7 Å². The Morgan fingerprint density at radius 1 is 1.14 bits per heavy atom. The van der Waals surface area contributed by atoms with E-state index in [1.807, 2.05) is 36.4 Å². The highest BCUT2D eigenvalue weighted by atomic mass is 79.9. The largest absolute Gasteiger partial charge is 0.378 e. The average molecular weight is 343 g/mol. The Bertz CT molecular complexity index is 737. The van der Waals surface area contributed by atoms with Crippen LogP contribution in [0.3, 0.4) is 0 Å². The van der Waals surface area contributed by atoms with Crippen molar-refractivity contribution in [2.75, 3.05) is 5.32 Å². The molecular weight excluding hydrogens is 328 g/mol. The standard InChI is InChI=1S/C16H15BrN4/c1-12-7-8-15(17)16(9-12)18-10-13-11-19-21(20-13)14-5-3-2-4-6-14/h2-9,11,18H,10H2,1H3. The molecule has 1 heterocycles. The first-order valence-electron chi connectivity index (χ1n) is 6.69. The highest BCUT2D eigenvalue weighted by molar-refractivity contribution is 9.10. The van der Waals surface area contributed by atoms with Gasteiger partial charge in [0.25, 0.3) is 0 Å². The van der Waals surface area contributed by atoms with Gasteiger partial charge < -0.3 is 5.32 Å². The van der Waals surface area contributed by atoms with Gasteiger partial charge in [0.15, 0.2) is 0 Å². The lowest BCUT2D eigenvalue weighted by molar-refractivity contribution is 0.740. The van der Waals surface area contributed by atoms with E-state index in [4.69, 9.17) is 0 Å². The van der Waals surface area contributed by atoms with Gasteiger partial charge in [-0.15, -0.1) is 0 Å². The summed E-state index contributed by atoms with van der Waals surface area (Å²) in [5.74, 6) is 0. The smallest absolute Gasteiger partial charge is 0.102 e. The van der Waals surface area contributed by atoms with Crippen LogP contribution in [0.25, 0.3) is 5.69 Å². The number of halogens is 1. The summed E-state index contributed by atoms with van der Waals surface area (Å²) in [5.41, 5.74) is 4.13. The third-order valence-electron chi connectivity index (χ3n) is 3.11. The van der Waals surface area contributed by atoms with E-state index in [0.29, 0.717) is 6.54 Å². The Morgan fingerprint density at radius 3 is 2.76 bits per heavy atom. The van der Waals surface area contributed by atoms with Crippen LogP contribution in [-0.4, -0.2) is 15.0 Å². The summed E-state index contributed by atoms with van der Waals surface area (Å²) < 4.78 is 1.04. The van der Waals surface area contributed by atoms with Gasteiger partial charge in [-0.25, -0.2) is 0 Å². The number of hydrogen-bond acceptors (Lipinski definition) is 3. The SMILES string of the molecule is Cc1ccc(Br)c(NCc2cnn(-c3ccccc3)n2)c1. The molecule has 2 aromatic carbocycles. The van der Waals surface area contributed by atoms with Crippen LogP contribution < -0.4 is 5.32 Å². The van der Waals surface area contributed by atoms with Crippen LogP contribution in [0.1, 0.15) is 11.3 Å². The molecule has 0 saturated heterocycles. The molecule has 0 unspecified atom stereocenters. The minimum absolute atomic E-state index is 0.634. The van der Waals surface area contributed by atoms with Crippen molar-refractivity contribution in [3.8, 4) is 5.69 Å². The number of nitrogens with zero attached hydrogens (tertiary/aromatic N) is 3. The Balaban J connectivity index is 1.72. The zero-order valence-electron chi connectivity index (χ0n) is 11.6. The molecule has 4 nitrogen and oxygen atoms in total. The first kappa shape index (κ1) is 13.8. The molecular formula is C16H15BrN4. The van der Waals surface area contributed by atoms with Crippen LogP contribution >= 0.6 is 15.9 Å². The first-order chi connectivity index (χ1) is 10.2. The van der Waals surface area contributed by atoms with E-state index >= 15 is 0 Å². The van der Waals surface area contributed by atoms with Crippen molar-refractivity contribution in [2.24, 2.45) is 0 Å². The number of aryl methyl sites for hydroxylation is 1. The summed E-state index contributed by atoms with van der Waals surface area (Å²) in [6, 6.07) is 16.1.